The molecule has 0 aromatic carbocycles. The van der Waals surface area contributed by atoms with Crippen LogP contribution < -0.4 is 0 Å². The number of nitrogens with zero attached hydrogens (tertiary/aromatic N) is 4. The molecule has 0 N–H and O–H groups in total. The van der Waals surface area contributed by atoms with Gasteiger partial charge in [-0.05, 0) is 22.9 Å². The molecule has 1 fully saturated rings. The summed E-state index contributed by atoms with van der Waals surface area (Å²) in [5.74, 6) is 1.40. The largest absolute Gasteiger partial charge is 0.338 e. The van der Waals surface area contributed by atoms with E-state index >= 15 is 0 Å². The van der Waals surface area contributed by atoms with Gasteiger partial charge in [0, 0.05) is 48.5 Å². The second kappa shape index (κ2) is 6.92. The van der Waals surface area contributed by atoms with E-state index in [2.05, 4.69) is 37.5 Å². The molecule has 1 aliphatic heterocycles. The van der Waals surface area contributed by atoms with Crippen molar-refractivity contribution in [1.82, 2.24) is 19.9 Å². The normalized spacial score (nSPS) is 16.9. The van der Waals surface area contributed by atoms with Crippen molar-refractivity contribution in [2.75, 3.05) is 26.2 Å². The zero-order valence-electron chi connectivity index (χ0n) is 12.7. The Kier molecular flexibility index (Phi) is 4.52. The maximum absolute atomic E-state index is 5.39. The summed E-state index contributed by atoms with van der Waals surface area (Å²) >= 11 is 3.48. The van der Waals surface area contributed by atoms with Crippen LogP contribution in [-0.2, 0) is 13.1 Å². The van der Waals surface area contributed by atoms with Gasteiger partial charge in [0.25, 0.3) is 0 Å². The van der Waals surface area contributed by atoms with Crippen LogP contribution in [0.15, 0.2) is 38.9 Å². The first-order valence-corrected chi connectivity index (χ1v) is 9.51. The van der Waals surface area contributed by atoms with Crippen molar-refractivity contribution in [1.29, 1.82) is 0 Å². The highest BCUT2D eigenvalue weighted by atomic mass is 32.1. The van der Waals surface area contributed by atoms with Gasteiger partial charge in [-0.3, -0.25) is 9.80 Å². The van der Waals surface area contributed by atoms with Gasteiger partial charge in [0.15, 0.2) is 0 Å². The van der Waals surface area contributed by atoms with Gasteiger partial charge in [0.2, 0.25) is 11.7 Å². The topological polar surface area (TPSA) is 45.4 Å². The first-order chi connectivity index (χ1) is 11.4. The van der Waals surface area contributed by atoms with Gasteiger partial charge in [0.05, 0.1) is 6.54 Å². The van der Waals surface area contributed by atoms with E-state index in [0.29, 0.717) is 11.7 Å². The summed E-state index contributed by atoms with van der Waals surface area (Å²) in [7, 11) is 0. The van der Waals surface area contributed by atoms with Crippen LogP contribution in [0.5, 0.6) is 0 Å². The number of hydrogen-bond donors (Lipinski definition) is 0. The standard InChI is InChI=1S/C16H18N4OS2/c1-2-14(23-8-1)10-19-4-6-20(7-5-19)11-15-17-16(18-21-15)13-3-9-22-12-13/h1-3,8-9,12H,4-7,10-11H2. The van der Waals surface area contributed by atoms with E-state index in [-0.39, 0.29) is 0 Å². The Bertz CT molecular complexity index is 715. The van der Waals surface area contributed by atoms with E-state index in [4.69, 9.17) is 4.52 Å². The second-order valence-corrected chi connectivity index (χ2v) is 7.47. The molecule has 0 atom stereocenters. The Morgan fingerprint density at radius 1 is 1.04 bits per heavy atom. The maximum atomic E-state index is 5.39. The highest BCUT2D eigenvalue weighted by Gasteiger charge is 2.19. The third-order valence-electron chi connectivity index (χ3n) is 4.03. The van der Waals surface area contributed by atoms with Crippen molar-refractivity contribution in [3.05, 3.63) is 45.1 Å². The zero-order valence-corrected chi connectivity index (χ0v) is 14.4. The van der Waals surface area contributed by atoms with Crippen molar-refractivity contribution in [2.45, 2.75) is 13.1 Å². The zero-order chi connectivity index (χ0) is 15.5. The van der Waals surface area contributed by atoms with Gasteiger partial charge in [0.1, 0.15) is 0 Å². The van der Waals surface area contributed by atoms with Crippen LogP contribution in [0.1, 0.15) is 10.8 Å². The lowest BCUT2D eigenvalue weighted by atomic mass is 10.3. The maximum Gasteiger partial charge on any atom is 0.241 e. The van der Waals surface area contributed by atoms with Crippen molar-refractivity contribution in [3.63, 3.8) is 0 Å². The average Bonchev–Trinajstić information content (AvgIpc) is 3.31. The van der Waals surface area contributed by atoms with Gasteiger partial charge >= 0.3 is 0 Å². The molecule has 0 aliphatic carbocycles. The van der Waals surface area contributed by atoms with Crippen LogP contribution in [-0.4, -0.2) is 46.1 Å². The molecule has 0 spiro atoms. The quantitative estimate of drug-likeness (QED) is 0.710. The molecule has 4 rings (SSSR count). The number of thiophene rings is 2. The van der Waals surface area contributed by atoms with E-state index < -0.39 is 0 Å². The van der Waals surface area contributed by atoms with Gasteiger partial charge in [-0.2, -0.15) is 16.3 Å². The summed E-state index contributed by atoms with van der Waals surface area (Å²) in [6.45, 7) is 6.06. The summed E-state index contributed by atoms with van der Waals surface area (Å²) in [5, 5.41) is 10.3. The van der Waals surface area contributed by atoms with Gasteiger partial charge in [-0.1, -0.05) is 11.2 Å². The summed E-state index contributed by atoms with van der Waals surface area (Å²) in [5.41, 5.74) is 1.03. The fraction of sp³-hybridized carbons (Fsp3) is 0.375. The minimum Gasteiger partial charge on any atom is -0.338 e. The Morgan fingerprint density at radius 3 is 2.57 bits per heavy atom. The summed E-state index contributed by atoms with van der Waals surface area (Å²) in [4.78, 5) is 10.8. The van der Waals surface area contributed by atoms with Crippen molar-refractivity contribution in [3.8, 4) is 11.4 Å². The predicted octanol–water partition coefficient (Wildman–Crippen LogP) is 3.18. The summed E-state index contributed by atoms with van der Waals surface area (Å²) < 4.78 is 5.39. The molecule has 7 heteroatoms. The van der Waals surface area contributed by atoms with Crippen LogP contribution >= 0.6 is 22.7 Å². The molecule has 1 aliphatic rings. The highest BCUT2D eigenvalue weighted by molar-refractivity contribution is 7.09. The molecular weight excluding hydrogens is 328 g/mol. The molecule has 3 aromatic heterocycles. The van der Waals surface area contributed by atoms with Crippen LogP contribution in [0.4, 0.5) is 0 Å². The second-order valence-electron chi connectivity index (χ2n) is 5.66. The molecular formula is C16H18N4OS2. The fourth-order valence-corrected chi connectivity index (χ4v) is 4.13. The van der Waals surface area contributed by atoms with Crippen LogP contribution in [0.25, 0.3) is 11.4 Å². The minimum absolute atomic E-state index is 0.692. The molecule has 4 heterocycles. The molecule has 23 heavy (non-hydrogen) atoms. The third kappa shape index (κ3) is 3.69. The number of hydrogen-bond acceptors (Lipinski definition) is 7. The molecule has 3 aromatic rings. The first-order valence-electron chi connectivity index (χ1n) is 7.69. The lowest BCUT2D eigenvalue weighted by Gasteiger charge is -2.33. The first kappa shape index (κ1) is 15.0. The molecule has 0 unspecified atom stereocenters. The molecule has 1 saturated heterocycles. The SMILES string of the molecule is c1csc(CN2CCN(Cc3nc(-c4ccsc4)no3)CC2)c1. The van der Waals surface area contributed by atoms with Crippen molar-refractivity contribution >= 4 is 22.7 Å². The van der Waals surface area contributed by atoms with Crippen molar-refractivity contribution in [2.24, 2.45) is 0 Å². The van der Waals surface area contributed by atoms with Crippen molar-refractivity contribution < 1.29 is 4.52 Å². The van der Waals surface area contributed by atoms with Crippen LogP contribution in [0.2, 0.25) is 0 Å². The Hall–Kier alpha value is -1.54. The highest BCUT2D eigenvalue weighted by Crippen LogP contribution is 2.19. The minimum atomic E-state index is 0.692. The predicted molar refractivity (Wildman–Crippen MR) is 92.5 cm³/mol. The lowest BCUT2D eigenvalue weighted by Crippen LogP contribution is -2.45. The smallest absolute Gasteiger partial charge is 0.241 e. The number of rotatable bonds is 5. The van der Waals surface area contributed by atoms with E-state index in [0.717, 1.165) is 44.8 Å². The van der Waals surface area contributed by atoms with Gasteiger partial charge in [-0.25, -0.2) is 0 Å². The Morgan fingerprint density at radius 2 is 1.87 bits per heavy atom. The van der Waals surface area contributed by atoms with Crippen LogP contribution in [0, 0.1) is 0 Å². The van der Waals surface area contributed by atoms with E-state index in [9.17, 15) is 0 Å². The molecule has 0 saturated carbocycles. The molecule has 0 bridgehead atoms. The molecule has 120 valence electrons. The van der Waals surface area contributed by atoms with Crippen LogP contribution in [0.3, 0.4) is 0 Å². The van der Waals surface area contributed by atoms with Gasteiger partial charge in [-0.15, -0.1) is 11.3 Å². The van der Waals surface area contributed by atoms with Gasteiger partial charge < -0.3 is 4.52 Å². The van der Waals surface area contributed by atoms with E-state index in [1.807, 2.05) is 28.2 Å². The monoisotopic (exact) mass is 346 g/mol. The van der Waals surface area contributed by atoms with E-state index in [1.54, 1.807) is 11.3 Å². The Balaban J connectivity index is 1.29. The molecule has 0 radical (unpaired) electrons. The fourth-order valence-electron chi connectivity index (χ4n) is 2.75. The van der Waals surface area contributed by atoms with E-state index in [1.165, 1.54) is 4.88 Å². The number of aromatic nitrogens is 2. The number of piperazine rings is 1. The Labute approximate surface area is 143 Å². The average molecular weight is 346 g/mol. The lowest BCUT2D eigenvalue weighted by molar-refractivity contribution is 0.113. The third-order valence-corrected chi connectivity index (χ3v) is 5.58. The summed E-state index contributed by atoms with van der Waals surface area (Å²) in [6, 6.07) is 6.35. The molecule has 0 amide bonds. The molecule has 5 nitrogen and oxygen atoms in total. The summed E-state index contributed by atoms with van der Waals surface area (Å²) in [6.07, 6.45) is 0.